The van der Waals surface area contributed by atoms with Crippen LogP contribution in [-0.4, -0.2) is 22.6 Å². The van der Waals surface area contributed by atoms with Gasteiger partial charge in [-0.25, -0.2) is 9.78 Å². The summed E-state index contributed by atoms with van der Waals surface area (Å²) in [6, 6.07) is 3.44. The van der Waals surface area contributed by atoms with E-state index in [1.165, 1.54) is 6.07 Å². The largest absolute Gasteiger partial charge is 0.478 e. The predicted molar refractivity (Wildman–Crippen MR) is 56.2 cm³/mol. The molecule has 1 fully saturated rings. The fraction of sp³-hybridized carbons (Fsp3) is 0.400. The second-order valence-corrected chi connectivity index (χ2v) is 3.89. The smallest absolute Gasteiger partial charge is 0.338 e. The second-order valence-electron chi connectivity index (χ2n) is 3.53. The first-order valence-electron chi connectivity index (χ1n) is 4.81. The van der Waals surface area contributed by atoms with Crippen LogP contribution in [0.25, 0.3) is 0 Å². The van der Waals surface area contributed by atoms with Crippen LogP contribution in [0.5, 0.6) is 0 Å². The number of pyridine rings is 1. The van der Waals surface area contributed by atoms with E-state index in [1.807, 2.05) is 0 Å². The van der Waals surface area contributed by atoms with Crippen LogP contribution < -0.4 is 5.32 Å². The molecule has 0 bridgehead atoms. The minimum atomic E-state index is -1.04. The maximum absolute atomic E-state index is 10.7. The van der Waals surface area contributed by atoms with Crippen LogP contribution in [0.4, 0.5) is 0 Å². The average Bonchev–Trinajstić information content (AvgIpc) is 2.69. The zero-order valence-electron chi connectivity index (χ0n) is 8.03. The minimum Gasteiger partial charge on any atom is -0.478 e. The number of halogens is 1. The maximum Gasteiger partial charge on any atom is 0.338 e. The van der Waals surface area contributed by atoms with E-state index < -0.39 is 5.97 Å². The molecule has 1 aromatic heterocycles. The van der Waals surface area contributed by atoms with Gasteiger partial charge in [-0.3, -0.25) is 0 Å². The van der Waals surface area contributed by atoms with Gasteiger partial charge in [-0.2, -0.15) is 0 Å². The van der Waals surface area contributed by atoms with Crippen molar-refractivity contribution in [2.24, 2.45) is 0 Å². The summed E-state index contributed by atoms with van der Waals surface area (Å²) >= 11 is 5.78. The predicted octanol–water partition coefficient (Wildman–Crippen LogP) is 1.86. The number of hydrogen-bond acceptors (Lipinski definition) is 3. The Labute approximate surface area is 92.3 Å². The monoisotopic (exact) mass is 226 g/mol. The van der Waals surface area contributed by atoms with Gasteiger partial charge in [-0.1, -0.05) is 11.6 Å². The Bertz CT molecular complexity index is 389. The number of aromatic carboxylic acids is 1. The van der Waals surface area contributed by atoms with Crippen molar-refractivity contribution < 1.29 is 9.90 Å². The number of carboxylic acids is 1. The first-order valence-corrected chi connectivity index (χ1v) is 5.19. The van der Waals surface area contributed by atoms with Crippen LogP contribution in [0, 0.1) is 0 Å². The fourth-order valence-electron chi connectivity index (χ4n) is 1.74. The van der Waals surface area contributed by atoms with E-state index in [0.29, 0.717) is 0 Å². The Kier molecular flexibility index (Phi) is 2.88. The molecule has 80 valence electrons. The molecule has 0 spiro atoms. The van der Waals surface area contributed by atoms with Gasteiger partial charge in [-0.05, 0) is 31.5 Å². The van der Waals surface area contributed by atoms with Crippen molar-refractivity contribution >= 4 is 17.6 Å². The zero-order valence-corrected chi connectivity index (χ0v) is 8.79. The zero-order chi connectivity index (χ0) is 10.8. The van der Waals surface area contributed by atoms with Gasteiger partial charge < -0.3 is 10.4 Å². The molecule has 0 saturated carbocycles. The van der Waals surface area contributed by atoms with Gasteiger partial charge in [-0.15, -0.1) is 0 Å². The summed E-state index contributed by atoms with van der Waals surface area (Å²) in [7, 11) is 0. The molecule has 5 heteroatoms. The van der Waals surface area contributed by atoms with E-state index in [2.05, 4.69) is 10.3 Å². The summed E-state index contributed by atoms with van der Waals surface area (Å²) in [6.45, 7) is 0.977. The molecule has 1 saturated heterocycles. The maximum atomic E-state index is 10.7. The minimum absolute atomic E-state index is 0.0541. The lowest BCUT2D eigenvalue weighted by atomic mass is 10.1. The number of hydrogen-bond donors (Lipinski definition) is 2. The van der Waals surface area contributed by atoms with Crippen molar-refractivity contribution in [3.63, 3.8) is 0 Å². The topological polar surface area (TPSA) is 62.2 Å². The summed E-state index contributed by atoms with van der Waals surface area (Å²) < 4.78 is 0. The third-order valence-corrected chi connectivity index (χ3v) is 2.81. The summed E-state index contributed by atoms with van der Waals surface area (Å²) in [5, 5.41) is 12.1. The molecule has 0 aromatic carbocycles. The first kappa shape index (κ1) is 10.4. The quantitative estimate of drug-likeness (QED) is 0.756. The Hall–Kier alpha value is -1.13. The summed E-state index contributed by atoms with van der Waals surface area (Å²) in [5.41, 5.74) is 0.876. The van der Waals surface area contributed by atoms with Crippen molar-refractivity contribution in [1.29, 1.82) is 0 Å². The summed E-state index contributed by atoms with van der Waals surface area (Å²) in [4.78, 5) is 14.8. The van der Waals surface area contributed by atoms with Crippen LogP contribution in [0.1, 0.15) is 34.9 Å². The molecule has 15 heavy (non-hydrogen) atoms. The lowest BCUT2D eigenvalue weighted by Gasteiger charge is -2.10. The van der Waals surface area contributed by atoms with Crippen molar-refractivity contribution in [2.75, 3.05) is 6.54 Å². The molecular weight excluding hydrogens is 216 g/mol. The number of rotatable bonds is 2. The van der Waals surface area contributed by atoms with E-state index >= 15 is 0 Å². The highest BCUT2D eigenvalue weighted by molar-refractivity contribution is 6.32. The van der Waals surface area contributed by atoms with E-state index in [4.69, 9.17) is 16.7 Å². The Morgan fingerprint density at radius 2 is 2.40 bits per heavy atom. The molecule has 1 aliphatic heterocycles. The van der Waals surface area contributed by atoms with E-state index in [1.54, 1.807) is 6.07 Å². The van der Waals surface area contributed by atoms with Crippen LogP contribution in [0.2, 0.25) is 5.15 Å². The van der Waals surface area contributed by atoms with Crippen LogP contribution in [0.15, 0.2) is 12.1 Å². The third-order valence-electron chi connectivity index (χ3n) is 2.52. The Morgan fingerprint density at radius 1 is 1.60 bits per heavy atom. The lowest BCUT2D eigenvalue weighted by Crippen LogP contribution is -2.15. The average molecular weight is 227 g/mol. The van der Waals surface area contributed by atoms with Crippen molar-refractivity contribution in [1.82, 2.24) is 10.3 Å². The third kappa shape index (κ3) is 2.11. The van der Waals surface area contributed by atoms with Crippen molar-refractivity contribution in [3.8, 4) is 0 Å². The van der Waals surface area contributed by atoms with Gasteiger partial charge >= 0.3 is 5.97 Å². The molecular formula is C10H11ClN2O2. The molecule has 1 aromatic rings. The highest BCUT2D eigenvalue weighted by Gasteiger charge is 2.19. The molecule has 0 aliphatic carbocycles. The van der Waals surface area contributed by atoms with Gasteiger partial charge in [0.15, 0.2) is 0 Å². The number of carbonyl (C=O) groups is 1. The SMILES string of the molecule is O=C(O)c1ccc(C2CCCN2)nc1Cl. The van der Waals surface area contributed by atoms with E-state index in [-0.39, 0.29) is 16.8 Å². The molecule has 1 unspecified atom stereocenters. The van der Waals surface area contributed by atoms with Gasteiger partial charge in [0.2, 0.25) is 0 Å². The number of nitrogens with one attached hydrogen (secondary N) is 1. The van der Waals surface area contributed by atoms with Gasteiger partial charge in [0, 0.05) is 6.04 Å². The van der Waals surface area contributed by atoms with Crippen molar-refractivity contribution in [2.45, 2.75) is 18.9 Å². The Morgan fingerprint density at radius 3 is 2.93 bits per heavy atom. The van der Waals surface area contributed by atoms with Gasteiger partial charge in [0.25, 0.3) is 0 Å². The van der Waals surface area contributed by atoms with Crippen molar-refractivity contribution in [3.05, 3.63) is 28.5 Å². The molecule has 0 amide bonds. The molecule has 4 nitrogen and oxygen atoms in total. The van der Waals surface area contributed by atoms with Gasteiger partial charge in [0.05, 0.1) is 11.3 Å². The van der Waals surface area contributed by atoms with Crippen LogP contribution in [0.3, 0.4) is 0 Å². The lowest BCUT2D eigenvalue weighted by molar-refractivity contribution is 0.0696. The number of carboxylic acid groups (broad SMARTS) is 1. The van der Waals surface area contributed by atoms with E-state index in [9.17, 15) is 4.79 Å². The highest BCUT2D eigenvalue weighted by Crippen LogP contribution is 2.24. The molecule has 0 radical (unpaired) electrons. The normalized spacial score (nSPS) is 20.5. The molecule has 2 heterocycles. The summed E-state index contributed by atoms with van der Waals surface area (Å²) in [6.07, 6.45) is 2.14. The second kappa shape index (κ2) is 4.16. The first-order chi connectivity index (χ1) is 7.18. The fourth-order valence-corrected chi connectivity index (χ4v) is 1.98. The van der Waals surface area contributed by atoms with Crippen LogP contribution in [-0.2, 0) is 0 Å². The number of aromatic nitrogens is 1. The molecule has 2 N–H and O–H groups in total. The molecule has 2 rings (SSSR count). The standard InChI is InChI=1S/C10H11ClN2O2/c11-9-6(10(14)15)3-4-8(13-9)7-2-1-5-12-7/h3-4,7,12H,1-2,5H2,(H,14,15). The molecule has 1 aliphatic rings. The number of nitrogens with zero attached hydrogens (tertiary/aromatic N) is 1. The summed E-state index contributed by atoms with van der Waals surface area (Å²) in [5.74, 6) is -1.04. The van der Waals surface area contributed by atoms with Gasteiger partial charge in [0.1, 0.15) is 5.15 Å². The Balaban J connectivity index is 2.28. The molecule has 1 atom stereocenters. The highest BCUT2D eigenvalue weighted by atomic mass is 35.5. The van der Waals surface area contributed by atoms with E-state index in [0.717, 1.165) is 25.1 Å². The van der Waals surface area contributed by atoms with Crippen LogP contribution >= 0.6 is 11.6 Å².